The summed E-state index contributed by atoms with van der Waals surface area (Å²) >= 11 is 0. The van der Waals surface area contributed by atoms with E-state index in [2.05, 4.69) is 46.0 Å². The van der Waals surface area contributed by atoms with Gasteiger partial charge in [0.25, 0.3) is 0 Å². The van der Waals surface area contributed by atoms with Crippen LogP contribution in [-0.2, 0) is 0 Å². The minimum atomic E-state index is -0.999. The number of hydrogen-bond acceptors (Lipinski definition) is 15. The first-order chi connectivity index (χ1) is 27.0. The lowest BCUT2D eigenvalue weighted by molar-refractivity contribution is 0.414. The molecule has 0 atom stereocenters. The van der Waals surface area contributed by atoms with E-state index >= 15 is 0 Å². The average Bonchev–Trinajstić information content (AvgIpc) is 3.53. The van der Waals surface area contributed by atoms with Gasteiger partial charge in [-0.15, -0.1) is 20.5 Å². The lowest BCUT2D eigenvalue weighted by atomic mass is 10.2. The summed E-state index contributed by atoms with van der Waals surface area (Å²) in [4.78, 5) is 0. The van der Waals surface area contributed by atoms with Crippen molar-refractivity contribution in [1.29, 1.82) is 0 Å². The minimum absolute atomic E-state index is 0.202. The van der Waals surface area contributed by atoms with Gasteiger partial charge in [-0.25, -0.2) is 0 Å². The lowest BCUT2D eigenvalue weighted by Crippen LogP contribution is -2.05. The van der Waals surface area contributed by atoms with Crippen LogP contribution >= 0.6 is 0 Å². The van der Waals surface area contributed by atoms with Crippen molar-refractivity contribution < 1.29 is 23.7 Å². The third kappa shape index (κ3) is 9.72. The van der Waals surface area contributed by atoms with E-state index in [1.807, 2.05) is 0 Å². The normalized spacial score (nSPS) is 14.7. The summed E-state index contributed by atoms with van der Waals surface area (Å²) in [5.41, 5.74) is 3.61. The molecule has 6 rings (SSSR count). The van der Waals surface area contributed by atoms with E-state index in [-0.39, 0.29) is 22.8 Å². The molecule has 15 heteroatoms. The van der Waals surface area contributed by atoms with E-state index in [0.717, 1.165) is 0 Å². The Labute approximate surface area is 317 Å². The van der Waals surface area contributed by atoms with Gasteiger partial charge in [-0.2, -0.15) is 30.7 Å². The first-order valence-electron chi connectivity index (χ1n) is 16.8. The van der Waals surface area contributed by atoms with Gasteiger partial charge in [0.2, 0.25) is 0 Å². The Morgan fingerprint density at radius 1 is 0.291 bits per heavy atom. The van der Waals surface area contributed by atoms with Crippen LogP contribution in [0.3, 0.4) is 0 Å². The molecule has 5 aromatic carbocycles. The quantitative estimate of drug-likeness (QED) is 0.0972. The van der Waals surface area contributed by atoms with Gasteiger partial charge in [0.15, 0.2) is 6.04 Å². The fraction of sp³-hybridized carbons (Fsp3) is 0.150. The van der Waals surface area contributed by atoms with Crippen LogP contribution in [-0.4, -0.2) is 41.6 Å². The zero-order valence-corrected chi connectivity index (χ0v) is 30.6. The topological polar surface area (TPSA) is 170 Å². The molecule has 0 aliphatic heterocycles. The lowest BCUT2D eigenvalue weighted by Gasteiger charge is -2.07. The van der Waals surface area contributed by atoms with Crippen molar-refractivity contribution in [1.82, 2.24) is 0 Å². The molecular formula is C40H36N10O5. The molecule has 0 unspecified atom stereocenters. The highest BCUT2D eigenvalue weighted by Gasteiger charge is 2.37. The van der Waals surface area contributed by atoms with Gasteiger partial charge in [-0.1, -0.05) is 0 Å². The van der Waals surface area contributed by atoms with Gasteiger partial charge in [-0.05, 0) is 121 Å². The van der Waals surface area contributed by atoms with Gasteiger partial charge >= 0.3 is 0 Å². The van der Waals surface area contributed by atoms with E-state index in [0.29, 0.717) is 57.2 Å². The number of ether oxygens (including phenoxy) is 5. The van der Waals surface area contributed by atoms with Crippen LogP contribution in [0, 0.1) is 0 Å². The molecule has 55 heavy (non-hydrogen) atoms. The summed E-state index contributed by atoms with van der Waals surface area (Å²) in [6.07, 6.45) is 0. The van der Waals surface area contributed by atoms with Gasteiger partial charge < -0.3 is 23.7 Å². The number of azo groups is 5. The Hall–Kier alpha value is -7.42. The fourth-order valence-electron chi connectivity index (χ4n) is 4.95. The van der Waals surface area contributed by atoms with E-state index in [1.54, 1.807) is 157 Å². The van der Waals surface area contributed by atoms with Crippen molar-refractivity contribution in [3.8, 4) is 28.7 Å². The molecule has 276 valence electrons. The smallest absolute Gasteiger partial charge is 0.163 e. The summed E-state index contributed by atoms with van der Waals surface area (Å²) in [5.74, 6) is 3.35. The summed E-state index contributed by atoms with van der Waals surface area (Å²) in [7, 11) is 7.96. The maximum absolute atomic E-state index is 5.32. The molecule has 0 saturated carbocycles. The Bertz CT molecular complexity index is 2130. The van der Waals surface area contributed by atoms with Crippen molar-refractivity contribution >= 4 is 28.4 Å². The second kappa shape index (κ2) is 18.4. The number of rotatable bonds is 15. The van der Waals surface area contributed by atoms with Crippen molar-refractivity contribution in [3.63, 3.8) is 0 Å². The second-order valence-corrected chi connectivity index (χ2v) is 11.4. The van der Waals surface area contributed by atoms with E-state index in [1.165, 1.54) is 0 Å². The third-order valence-corrected chi connectivity index (χ3v) is 7.96. The van der Waals surface area contributed by atoms with Crippen molar-refractivity contribution in [2.75, 3.05) is 35.5 Å². The summed E-state index contributed by atoms with van der Waals surface area (Å²) in [6, 6.07) is 34.5. The third-order valence-electron chi connectivity index (χ3n) is 7.96. The Kier molecular flexibility index (Phi) is 12.5. The van der Waals surface area contributed by atoms with Crippen LogP contribution in [0.25, 0.3) is 0 Å². The number of methoxy groups -OCH3 is 5. The molecule has 0 bridgehead atoms. The molecule has 5 aromatic rings. The van der Waals surface area contributed by atoms with E-state index in [9.17, 15) is 0 Å². The Balaban J connectivity index is 1.55. The van der Waals surface area contributed by atoms with Crippen LogP contribution in [0.2, 0.25) is 0 Å². The highest BCUT2D eigenvalue weighted by Crippen LogP contribution is 2.41. The Morgan fingerprint density at radius 2 is 0.527 bits per heavy atom. The van der Waals surface area contributed by atoms with Gasteiger partial charge in [0, 0.05) is 0 Å². The number of nitrogens with zero attached hydrogens (tertiary/aromatic N) is 10. The average molecular weight is 737 g/mol. The van der Waals surface area contributed by atoms with Crippen molar-refractivity contribution in [2.45, 2.75) is 6.04 Å². The maximum Gasteiger partial charge on any atom is 0.163 e. The molecule has 0 spiro atoms. The minimum Gasteiger partial charge on any atom is -0.497 e. The van der Waals surface area contributed by atoms with Crippen molar-refractivity contribution in [2.24, 2.45) is 51.1 Å². The molecule has 0 aromatic heterocycles. The highest BCUT2D eigenvalue weighted by molar-refractivity contribution is 5.53. The van der Waals surface area contributed by atoms with E-state index < -0.39 is 6.04 Å². The van der Waals surface area contributed by atoms with Crippen molar-refractivity contribution in [3.05, 3.63) is 144 Å². The zero-order chi connectivity index (χ0) is 38.4. The van der Waals surface area contributed by atoms with Gasteiger partial charge in [-0.3, -0.25) is 0 Å². The van der Waals surface area contributed by atoms with Gasteiger partial charge in [0.1, 0.15) is 51.5 Å². The SMILES string of the molecule is COc1ccc(N=NC2=C(N=Nc3ccc(OC)cc3)C(N=Nc3ccc(OC)cc3)C(N=Nc3ccc(OC)cc3)=C2N=Nc2ccc(OC)cc2)cc1. The Morgan fingerprint density at radius 3 is 0.782 bits per heavy atom. The summed E-state index contributed by atoms with van der Waals surface area (Å²) < 4.78 is 26.6. The zero-order valence-electron chi connectivity index (χ0n) is 30.6. The van der Waals surface area contributed by atoms with Crippen LogP contribution in [0.5, 0.6) is 28.7 Å². The summed E-state index contributed by atoms with van der Waals surface area (Å²) in [6.45, 7) is 0. The molecule has 1 aliphatic rings. The predicted octanol–water partition coefficient (Wildman–Crippen LogP) is 11.8. The number of hydrogen-bond donors (Lipinski definition) is 0. The molecule has 0 fully saturated rings. The van der Waals surface area contributed by atoms with Crippen LogP contribution in [0.4, 0.5) is 28.4 Å². The maximum atomic E-state index is 5.32. The number of benzene rings is 5. The first-order valence-corrected chi connectivity index (χ1v) is 16.8. The molecular weight excluding hydrogens is 701 g/mol. The highest BCUT2D eigenvalue weighted by atomic mass is 16.5. The predicted molar refractivity (Wildman–Crippen MR) is 205 cm³/mol. The monoisotopic (exact) mass is 736 g/mol. The molecule has 1 aliphatic carbocycles. The fourth-order valence-corrected chi connectivity index (χ4v) is 4.95. The second-order valence-electron chi connectivity index (χ2n) is 11.4. The summed E-state index contributed by atoms with van der Waals surface area (Å²) in [5, 5.41) is 46.1. The standard InChI is InChI=1S/C40H36N10O5/c1-51-31-16-6-26(7-17-31)41-46-36-37(47-42-27-8-18-32(52-2)19-9-27)39(49-44-29-12-22-34(54-4)23-13-29)40(50-45-30-14-24-35(55-5)25-15-30)38(36)48-43-28-10-20-33(53-3)21-11-28/h6-25,36H,1-5H3. The van der Waals surface area contributed by atoms with Gasteiger partial charge in [0.05, 0.1) is 64.0 Å². The molecule has 0 radical (unpaired) electrons. The molecule has 0 heterocycles. The molecule has 15 nitrogen and oxygen atoms in total. The van der Waals surface area contributed by atoms with Crippen LogP contribution in [0.1, 0.15) is 0 Å². The molecule has 0 amide bonds. The van der Waals surface area contributed by atoms with Crippen LogP contribution < -0.4 is 23.7 Å². The largest absolute Gasteiger partial charge is 0.497 e. The first kappa shape index (κ1) is 37.3. The molecule has 0 saturated heterocycles. The molecule has 0 N–H and O–H groups in total. The van der Waals surface area contributed by atoms with Crippen LogP contribution in [0.15, 0.2) is 195 Å². The van der Waals surface area contributed by atoms with E-state index in [4.69, 9.17) is 28.8 Å².